The molecular formula is C15H16ClFN2O2S2. The van der Waals surface area contributed by atoms with E-state index in [2.05, 4.69) is 4.90 Å². The van der Waals surface area contributed by atoms with Crippen molar-refractivity contribution in [3.8, 4) is 0 Å². The number of nitrogens with zero attached hydrogens (tertiary/aromatic N) is 2. The third-order valence-corrected chi connectivity index (χ3v) is 7.42. The van der Waals surface area contributed by atoms with Crippen molar-refractivity contribution in [1.82, 2.24) is 9.21 Å². The molecule has 23 heavy (non-hydrogen) atoms. The third kappa shape index (κ3) is 3.75. The molecule has 124 valence electrons. The fourth-order valence-electron chi connectivity index (χ4n) is 2.56. The van der Waals surface area contributed by atoms with Crippen LogP contribution in [0.4, 0.5) is 4.39 Å². The first-order valence-corrected chi connectivity index (χ1v) is 9.81. The van der Waals surface area contributed by atoms with Gasteiger partial charge in [0.2, 0.25) is 0 Å². The van der Waals surface area contributed by atoms with E-state index in [9.17, 15) is 12.8 Å². The number of halogens is 2. The van der Waals surface area contributed by atoms with Gasteiger partial charge in [0.1, 0.15) is 10.0 Å². The minimum atomic E-state index is -3.48. The van der Waals surface area contributed by atoms with Crippen LogP contribution in [0.15, 0.2) is 40.6 Å². The van der Waals surface area contributed by atoms with E-state index < -0.39 is 10.0 Å². The first-order chi connectivity index (χ1) is 11.0. The Morgan fingerprint density at radius 3 is 2.39 bits per heavy atom. The van der Waals surface area contributed by atoms with Crippen molar-refractivity contribution >= 4 is 33.0 Å². The Bertz CT molecular complexity index is 786. The monoisotopic (exact) mass is 374 g/mol. The van der Waals surface area contributed by atoms with Crippen molar-refractivity contribution in [2.45, 2.75) is 10.8 Å². The summed E-state index contributed by atoms with van der Waals surface area (Å²) in [5.74, 6) is -0.226. The summed E-state index contributed by atoms with van der Waals surface area (Å²) in [6.07, 6.45) is 0. The molecule has 0 atom stereocenters. The molecule has 3 rings (SSSR count). The van der Waals surface area contributed by atoms with Crippen molar-refractivity contribution < 1.29 is 12.8 Å². The Kier molecular flexibility index (Phi) is 5.03. The molecule has 0 aliphatic carbocycles. The summed E-state index contributed by atoms with van der Waals surface area (Å²) < 4.78 is 40.9. The van der Waals surface area contributed by atoms with Gasteiger partial charge in [0, 0.05) is 38.3 Å². The van der Waals surface area contributed by atoms with Gasteiger partial charge in [-0.05, 0) is 18.2 Å². The fraction of sp³-hybridized carbons (Fsp3) is 0.333. The van der Waals surface area contributed by atoms with Crippen molar-refractivity contribution in [2.75, 3.05) is 26.2 Å². The van der Waals surface area contributed by atoms with Crippen LogP contribution in [0.3, 0.4) is 0 Å². The molecule has 0 bridgehead atoms. The lowest BCUT2D eigenvalue weighted by molar-refractivity contribution is 0.180. The van der Waals surface area contributed by atoms with Crippen molar-refractivity contribution in [3.05, 3.63) is 52.1 Å². The van der Waals surface area contributed by atoms with E-state index in [0.717, 1.165) is 11.3 Å². The molecule has 1 aliphatic rings. The normalized spacial score (nSPS) is 17.5. The highest BCUT2D eigenvalue weighted by molar-refractivity contribution is 7.91. The predicted molar refractivity (Wildman–Crippen MR) is 89.8 cm³/mol. The highest BCUT2D eigenvalue weighted by Crippen LogP contribution is 2.28. The highest BCUT2D eigenvalue weighted by Gasteiger charge is 2.29. The Labute approximate surface area is 144 Å². The van der Waals surface area contributed by atoms with E-state index in [-0.39, 0.29) is 10.0 Å². The summed E-state index contributed by atoms with van der Waals surface area (Å²) in [7, 11) is -3.48. The van der Waals surface area contributed by atoms with Gasteiger partial charge in [0.05, 0.1) is 4.34 Å². The molecule has 8 heteroatoms. The number of piperazine rings is 1. The highest BCUT2D eigenvalue weighted by atomic mass is 35.5. The summed E-state index contributed by atoms with van der Waals surface area (Å²) >= 11 is 6.89. The standard InChI is InChI=1S/C15H16ClFN2O2S2/c16-14-5-6-15(22-14)23(20,21)19-9-7-18(8-10-19)11-12-3-1-2-4-13(12)17/h1-6H,7-11H2. The molecule has 1 saturated heterocycles. The minimum absolute atomic E-state index is 0.226. The second-order valence-corrected chi connectivity index (χ2v) is 9.21. The van der Waals surface area contributed by atoms with Gasteiger partial charge >= 0.3 is 0 Å². The molecule has 2 heterocycles. The Hall–Kier alpha value is -0.990. The van der Waals surface area contributed by atoms with Crippen LogP contribution in [0.2, 0.25) is 4.34 Å². The van der Waals surface area contributed by atoms with Gasteiger partial charge in [-0.15, -0.1) is 11.3 Å². The quantitative estimate of drug-likeness (QED) is 0.825. The second-order valence-electron chi connectivity index (χ2n) is 5.33. The Morgan fingerprint density at radius 2 is 1.78 bits per heavy atom. The molecule has 0 amide bonds. The molecule has 0 radical (unpaired) electrons. The van der Waals surface area contributed by atoms with Gasteiger partial charge in [-0.2, -0.15) is 4.31 Å². The lowest BCUT2D eigenvalue weighted by Crippen LogP contribution is -2.48. The van der Waals surface area contributed by atoms with Gasteiger partial charge in [-0.25, -0.2) is 12.8 Å². The van der Waals surface area contributed by atoms with E-state index in [4.69, 9.17) is 11.6 Å². The van der Waals surface area contributed by atoms with Gasteiger partial charge in [-0.1, -0.05) is 29.8 Å². The van der Waals surface area contributed by atoms with Crippen molar-refractivity contribution in [1.29, 1.82) is 0 Å². The molecule has 0 saturated carbocycles. The fourth-order valence-corrected chi connectivity index (χ4v) is 5.62. The summed E-state index contributed by atoms with van der Waals surface area (Å²) in [6.45, 7) is 2.43. The minimum Gasteiger partial charge on any atom is -0.296 e. The van der Waals surface area contributed by atoms with Crippen LogP contribution in [-0.4, -0.2) is 43.8 Å². The Balaban J connectivity index is 1.63. The second kappa shape index (κ2) is 6.86. The maximum absolute atomic E-state index is 13.7. The number of benzene rings is 1. The molecule has 1 aromatic heterocycles. The molecule has 1 aliphatic heterocycles. The molecule has 0 N–H and O–H groups in total. The summed E-state index contributed by atoms with van der Waals surface area (Å²) in [4.78, 5) is 2.06. The van der Waals surface area contributed by atoms with Crippen LogP contribution >= 0.6 is 22.9 Å². The molecule has 4 nitrogen and oxygen atoms in total. The molecule has 1 fully saturated rings. The maximum Gasteiger partial charge on any atom is 0.252 e. The largest absolute Gasteiger partial charge is 0.296 e. The lowest BCUT2D eigenvalue weighted by Gasteiger charge is -2.33. The maximum atomic E-state index is 13.7. The van der Waals surface area contributed by atoms with Crippen LogP contribution in [-0.2, 0) is 16.6 Å². The van der Waals surface area contributed by atoms with E-state index in [1.165, 1.54) is 16.4 Å². The first-order valence-electron chi connectivity index (χ1n) is 7.18. The van der Waals surface area contributed by atoms with E-state index >= 15 is 0 Å². The number of rotatable bonds is 4. The van der Waals surface area contributed by atoms with Gasteiger partial charge in [0.15, 0.2) is 0 Å². The summed E-state index contributed by atoms with van der Waals surface area (Å²) in [5.41, 5.74) is 0.633. The van der Waals surface area contributed by atoms with Crippen LogP contribution in [0, 0.1) is 5.82 Å². The van der Waals surface area contributed by atoms with E-state index in [1.54, 1.807) is 24.3 Å². The molecule has 1 aromatic carbocycles. The number of hydrogen-bond acceptors (Lipinski definition) is 4. The SMILES string of the molecule is O=S(=O)(c1ccc(Cl)s1)N1CCN(Cc2ccccc2F)CC1. The van der Waals surface area contributed by atoms with Gasteiger partial charge in [-0.3, -0.25) is 4.90 Å². The van der Waals surface area contributed by atoms with Crippen LogP contribution in [0.5, 0.6) is 0 Å². The predicted octanol–water partition coefficient (Wildman–Crippen LogP) is 3.05. The van der Waals surface area contributed by atoms with E-state index in [0.29, 0.717) is 42.6 Å². The number of thiophene rings is 1. The van der Waals surface area contributed by atoms with Gasteiger partial charge < -0.3 is 0 Å². The first kappa shape index (κ1) is 16.9. The molecule has 0 unspecified atom stereocenters. The van der Waals surface area contributed by atoms with Gasteiger partial charge in [0.25, 0.3) is 10.0 Å². The molecular weight excluding hydrogens is 359 g/mol. The Morgan fingerprint density at radius 1 is 1.09 bits per heavy atom. The molecule has 2 aromatic rings. The average Bonchev–Trinajstić information content (AvgIpc) is 2.98. The van der Waals surface area contributed by atoms with Crippen LogP contribution < -0.4 is 0 Å². The van der Waals surface area contributed by atoms with E-state index in [1.807, 2.05) is 0 Å². The number of sulfonamides is 1. The number of hydrogen-bond donors (Lipinski definition) is 0. The van der Waals surface area contributed by atoms with Crippen molar-refractivity contribution in [2.24, 2.45) is 0 Å². The zero-order valence-corrected chi connectivity index (χ0v) is 14.7. The lowest BCUT2D eigenvalue weighted by atomic mass is 10.2. The smallest absolute Gasteiger partial charge is 0.252 e. The third-order valence-electron chi connectivity index (χ3n) is 3.83. The van der Waals surface area contributed by atoms with Crippen LogP contribution in [0.25, 0.3) is 0 Å². The average molecular weight is 375 g/mol. The summed E-state index contributed by atoms with van der Waals surface area (Å²) in [6, 6.07) is 9.79. The summed E-state index contributed by atoms with van der Waals surface area (Å²) in [5, 5.41) is 0. The zero-order valence-electron chi connectivity index (χ0n) is 12.3. The van der Waals surface area contributed by atoms with Crippen molar-refractivity contribution in [3.63, 3.8) is 0 Å². The topological polar surface area (TPSA) is 40.6 Å². The zero-order chi connectivity index (χ0) is 16.4. The molecule has 0 spiro atoms. The van der Waals surface area contributed by atoms with Crippen LogP contribution in [0.1, 0.15) is 5.56 Å².